The summed E-state index contributed by atoms with van der Waals surface area (Å²) in [5.74, 6) is 0.414. The van der Waals surface area contributed by atoms with Crippen molar-refractivity contribution < 1.29 is 23.9 Å². The predicted octanol–water partition coefficient (Wildman–Crippen LogP) is 7.62. The number of rotatable bonds is 13. The maximum atomic E-state index is 13.4. The molecule has 5 aromatic rings. The molecule has 0 saturated carbocycles. The number of fused-ring (bicyclic) bond motifs is 1. The van der Waals surface area contributed by atoms with Gasteiger partial charge in [0.05, 0.1) is 28.7 Å². The zero-order valence-electron chi connectivity index (χ0n) is 26.1. The second-order valence-corrected chi connectivity index (χ2v) is 12.6. The van der Waals surface area contributed by atoms with E-state index in [2.05, 4.69) is 20.9 Å². The van der Waals surface area contributed by atoms with Crippen molar-refractivity contribution in [3.05, 3.63) is 114 Å². The molecule has 4 aromatic carbocycles. The van der Waals surface area contributed by atoms with Crippen molar-refractivity contribution >= 4 is 67.9 Å². The molecule has 0 aliphatic heterocycles. The number of hydrogen-bond acceptors (Lipinski definition) is 8. The van der Waals surface area contributed by atoms with Crippen LogP contribution in [0.3, 0.4) is 0 Å². The third-order valence-corrected chi connectivity index (χ3v) is 8.77. The molecule has 0 saturated heterocycles. The molecule has 0 radical (unpaired) electrons. The number of thioether (sulfide) groups is 1. The Morgan fingerprint density at radius 3 is 2.23 bits per heavy atom. The highest BCUT2D eigenvalue weighted by Crippen LogP contribution is 2.31. The number of aromatic nitrogens is 1. The van der Waals surface area contributed by atoms with Gasteiger partial charge in [-0.15, -0.1) is 11.8 Å². The van der Waals surface area contributed by atoms with Gasteiger partial charge in [0, 0.05) is 16.1 Å². The quantitative estimate of drug-likeness (QED) is 0.0874. The van der Waals surface area contributed by atoms with Crippen LogP contribution in [0, 0.1) is 0 Å². The van der Waals surface area contributed by atoms with Crippen LogP contribution in [0.2, 0.25) is 0 Å². The summed E-state index contributed by atoms with van der Waals surface area (Å²) in [6, 6.07) is 28.7. The Kier molecular flexibility index (Phi) is 11.3. The number of benzene rings is 4. The summed E-state index contributed by atoms with van der Waals surface area (Å²) < 4.78 is 12.0. The first kappa shape index (κ1) is 33.2. The maximum Gasteiger partial charge on any atom is 0.272 e. The van der Waals surface area contributed by atoms with Gasteiger partial charge in [0.15, 0.2) is 5.13 Å². The summed E-state index contributed by atoms with van der Waals surface area (Å²) in [5, 5.41) is 8.64. The number of hydrogen-bond donors (Lipinski definition) is 3. The summed E-state index contributed by atoms with van der Waals surface area (Å²) in [4.78, 5) is 44.7. The summed E-state index contributed by atoms with van der Waals surface area (Å²) in [5.41, 5.74) is 2.55. The fourth-order valence-corrected chi connectivity index (χ4v) is 6.20. The van der Waals surface area contributed by atoms with E-state index in [1.807, 2.05) is 69.3 Å². The van der Waals surface area contributed by atoms with Gasteiger partial charge in [0.1, 0.15) is 17.2 Å². The first-order chi connectivity index (χ1) is 22.8. The third-order valence-electron chi connectivity index (χ3n) is 6.73. The normalized spacial score (nSPS) is 11.9. The van der Waals surface area contributed by atoms with E-state index in [0.717, 1.165) is 20.9 Å². The molecule has 0 fully saturated rings. The van der Waals surface area contributed by atoms with Crippen LogP contribution in [-0.2, 0) is 9.59 Å². The van der Waals surface area contributed by atoms with Gasteiger partial charge in [0.25, 0.3) is 11.8 Å². The SMILES string of the molecule is CCOc1ccc(/C=C(\NC(=O)c2ccccc2)C(=O)Nc2ccc(SC(C)C(=O)Nc3nc4ccc(OCC)cc4s3)cc2)cc1. The molecule has 1 heterocycles. The predicted molar refractivity (Wildman–Crippen MR) is 189 cm³/mol. The van der Waals surface area contributed by atoms with Crippen molar-refractivity contribution in [2.75, 3.05) is 23.8 Å². The Labute approximate surface area is 281 Å². The molecule has 0 aliphatic rings. The number of carbonyl (C=O) groups excluding carboxylic acids is 3. The van der Waals surface area contributed by atoms with Gasteiger partial charge < -0.3 is 25.4 Å². The van der Waals surface area contributed by atoms with E-state index in [9.17, 15) is 14.4 Å². The van der Waals surface area contributed by atoms with Crippen LogP contribution in [-0.4, -0.2) is 41.2 Å². The second-order valence-electron chi connectivity index (χ2n) is 10.2. The summed E-state index contributed by atoms with van der Waals surface area (Å²) in [6.45, 7) is 6.77. The first-order valence-electron chi connectivity index (χ1n) is 15.0. The lowest BCUT2D eigenvalue weighted by molar-refractivity contribution is -0.115. The highest BCUT2D eigenvalue weighted by Gasteiger charge is 2.18. The molecule has 0 spiro atoms. The lowest BCUT2D eigenvalue weighted by Gasteiger charge is -2.13. The van der Waals surface area contributed by atoms with Crippen LogP contribution in [0.1, 0.15) is 36.7 Å². The molecule has 3 amide bonds. The van der Waals surface area contributed by atoms with Crippen LogP contribution < -0.4 is 25.4 Å². The molecule has 9 nitrogen and oxygen atoms in total. The van der Waals surface area contributed by atoms with Gasteiger partial charge in [-0.2, -0.15) is 0 Å². The zero-order valence-corrected chi connectivity index (χ0v) is 27.7. The minimum atomic E-state index is -0.486. The monoisotopic (exact) mass is 666 g/mol. The summed E-state index contributed by atoms with van der Waals surface area (Å²) in [7, 11) is 0. The summed E-state index contributed by atoms with van der Waals surface area (Å²) >= 11 is 2.78. The van der Waals surface area contributed by atoms with Crippen LogP contribution >= 0.6 is 23.1 Å². The van der Waals surface area contributed by atoms with Gasteiger partial charge in [0.2, 0.25) is 5.91 Å². The maximum absolute atomic E-state index is 13.4. The molecule has 1 aromatic heterocycles. The molecule has 1 unspecified atom stereocenters. The zero-order chi connectivity index (χ0) is 33.2. The van der Waals surface area contributed by atoms with E-state index in [1.165, 1.54) is 23.1 Å². The lowest BCUT2D eigenvalue weighted by Crippen LogP contribution is -2.30. The van der Waals surface area contributed by atoms with Crippen molar-refractivity contribution in [1.29, 1.82) is 0 Å². The molecular weight excluding hydrogens is 633 g/mol. The number of thiazole rings is 1. The molecule has 0 aliphatic carbocycles. The van der Waals surface area contributed by atoms with Crippen LogP contribution in [0.15, 0.2) is 108 Å². The number of carbonyl (C=O) groups is 3. The topological polar surface area (TPSA) is 119 Å². The van der Waals surface area contributed by atoms with E-state index in [0.29, 0.717) is 40.9 Å². The highest BCUT2D eigenvalue weighted by atomic mass is 32.2. The van der Waals surface area contributed by atoms with Crippen molar-refractivity contribution in [1.82, 2.24) is 10.3 Å². The molecular formula is C36H34N4O5S2. The number of nitrogens with one attached hydrogen (secondary N) is 3. The van der Waals surface area contributed by atoms with E-state index in [-0.39, 0.29) is 11.6 Å². The molecule has 47 heavy (non-hydrogen) atoms. The fraction of sp³-hybridized carbons (Fsp3) is 0.167. The standard InChI is InChI=1S/C36H34N4O5S2/c1-4-44-27-15-11-24(12-16-27)21-31(38-34(42)25-9-7-6-8-10-25)35(43)37-26-13-18-29(19-14-26)46-23(3)33(41)40-36-39-30-20-17-28(45-5-2)22-32(30)47-36/h6-23H,4-5H2,1-3H3,(H,37,43)(H,38,42)(H,39,40,41)/b31-21-. The number of anilines is 2. The van der Waals surface area contributed by atoms with Gasteiger partial charge in [-0.1, -0.05) is 41.7 Å². The molecule has 5 rings (SSSR count). The minimum absolute atomic E-state index is 0.0794. The van der Waals surface area contributed by atoms with Crippen LogP contribution in [0.25, 0.3) is 16.3 Å². The average molecular weight is 667 g/mol. The van der Waals surface area contributed by atoms with Crippen LogP contribution in [0.5, 0.6) is 11.5 Å². The molecule has 240 valence electrons. The number of nitrogens with zero attached hydrogens (tertiary/aromatic N) is 1. The van der Waals surface area contributed by atoms with Crippen LogP contribution in [0.4, 0.5) is 10.8 Å². The largest absolute Gasteiger partial charge is 0.494 e. The number of ether oxygens (including phenoxy) is 2. The third kappa shape index (κ3) is 9.21. The highest BCUT2D eigenvalue weighted by molar-refractivity contribution is 8.00. The lowest BCUT2D eigenvalue weighted by atomic mass is 10.1. The van der Waals surface area contributed by atoms with Crippen molar-refractivity contribution in [2.45, 2.75) is 30.9 Å². The second kappa shape index (κ2) is 15.9. The van der Waals surface area contributed by atoms with Crippen molar-refractivity contribution in [3.8, 4) is 11.5 Å². The Morgan fingerprint density at radius 2 is 1.53 bits per heavy atom. The average Bonchev–Trinajstić information content (AvgIpc) is 3.48. The van der Waals surface area contributed by atoms with E-state index < -0.39 is 17.1 Å². The molecule has 1 atom stereocenters. The van der Waals surface area contributed by atoms with E-state index in [4.69, 9.17) is 9.47 Å². The fourth-order valence-electron chi connectivity index (χ4n) is 4.43. The molecule has 11 heteroatoms. The van der Waals surface area contributed by atoms with Gasteiger partial charge in [-0.3, -0.25) is 14.4 Å². The molecule has 0 bridgehead atoms. The molecule has 3 N–H and O–H groups in total. The Hall–Kier alpha value is -5.13. The Balaban J connectivity index is 1.22. The van der Waals surface area contributed by atoms with E-state index >= 15 is 0 Å². The summed E-state index contributed by atoms with van der Waals surface area (Å²) in [6.07, 6.45) is 1.61. The van der Waals surface area contributed by atoms with Gasteiger partial charge >= 0.3 is 0 Å². The minimum Gasteiger partial charge on any atom is -0.494 e. The van der Waals surface area contributed by atoms with Gasteiger partial charge in [-0.05, 0) is 99.1 Å². The number of amides is 3. The van der Waals surface area contributed by atoms with E-state index in [1.54, 1.807) is 54.6 Å². The Bertz CT molecular complexity index is 1870. The Morgan fingerprint density at radius 1 is 0.851 bits per heavy atom. The van der Waals surface area contributed by atoms with Gasteiger partial charge in [-0.25, -0.2) is 4.98 Å². The smallest absolute Gasteiger partial charge is 0.272 e. The first-order valence-corrected chi connectivity index (χ1v) is 16.7. The van der Waals surface area contributed by atoms with Crippen molar-refractivity contribution in [3.63, 3.8) is 0 Å². The van der Waals surface area contributed by atoms with Crippen molar-refractivity contribution in [2.24, 2.45) is 0 Å².